The van der Waals surface area contributed by atoms with E-state index < -0.39 is 16.7 Å². The van der Waals surface area contributed by atoms with Gasteiger partial charge in [-0.2, -0.15) is 0 Å². The molecule has 34 heavy (non-hydrogen) atoms. The summed E-state index contributed by atoms with van der Waals surface area (Å²) in [6, 6.07) is 15.6. The highest BCUT2D eigenvalue weighted by Crippen LogP contribution is 2.38. The van der Waals surface area contributed by atoms with Gasteiger partial charge in [0.15, 0.2) is 5.16 Å². The molecule has 0 saturated carbocycles. The number of hydrogen-bond acceptors (Lipinski definition) is 5. The van der Waals surface area contributed by atoms with Gasteiger partial charge >= 0.3 is 0 Å². The molecule has 1 aliphatic rings. The number of aromatic amines is 1. The Hall–Kier alpha value is -3.16. The van der Waals surface area contributed by atoms with E-state index in [9.17, 15) is 4.79 Å². The number of amides is 1. The monoisotopic (exact) mass is 495 g/mol. The number of nitrogens with two attached hydrogens (primary N) is 1. The van der Waals surface area contributed by atoms with Gasteiger partial charge < -0.3 is 20.2 Å². The molecular formula is C26H26ClN3O3S. The minimum absolute atomic E-state index is 0.429. The Labute approximate surface area is 208 Å². The van der Waals surface area contributed by atoms with Crippen molar-refractivity contribution in [2.24, 2.45) is 11.7 Å². The van der Waals surface area contributed by atoms with Crippen LogP contribution in [0.3, 0.4) is 0 Å². The lowest BCUT2D eigenvalue weighted by Gasteiger charge is -2.30. The Balaban J connectivity index is 1.59. The number of allylic oxidation sites excluding steroid dienone is 3. The smallest absolute Gasteiger partial charge is 0.226 e. The average molecular weight is 496 g/mol. The van der Waals surface area contributed by atoms with E-state index in [4.69, 9.17) is 31.8 Å². The molecular weight excluding hydrogens is 470 g/mol. The van der Waals surface area contributed by atoms with E-state index in [1.165, 1.54) is 0 Å². The first-order valence-electron chi connectivity index (χ1n) is 10.8. The third kappa shape index (κ3) is 5.16. The third-order valence-corrected chi connectivity index (χ3v) is 7.18. The predicted molar refractivity (Wildman–Crippen MR) is 137 cm³/mol. The normalized spacial score (nSPS) is 19.2. The van der Waals surface area contributed by atoms with E-state index in [1.807, 2.05) is 60.7 Å². The van der Waals surface area contributed by atoms with E-state index in [0.29, 0.717) is 12.2 Å². The Bertz CT molecular complexity index is 1140. The summed E-state index contributed by atoms with van der Waals surface area (Å²) in [5.41, 5.74) is 9.28. The SMILES string of the molecule is COc1ccc(-c2nc(SCCC3(Cl)C=CC=CC3C(N)=O)[nH]c2-c2ccc(OC)cc2)cc1. The molecule has 2 atom stereocenters. The van der Waals surface area contributed by atoms with E-state index in [2.05, 4.69) is 4.98 Å². The van der Waals surface area contributed by atoms with Crippen molar-refractivity contribution >= 4 is 29.3 Å². The van der Waals surface area contributed by atoms with Crippen molar-refractivity contribution in [1.82, 2.24) is 9.97 Å². The summed E-state index contributed by atoms with van der Waals surface area (Å²) in [6.07, 6.45) is 7.82. The fourth-order valence-electron chi connectivity index (χ4n) is 3.87. The maximum atomic E-state index is 11.9. The zero-order valence-electron chi connectivity index (χ0n) is 19.0. The number of nitrogens with one attached hydrogen (secondary N) is 1. The van der Waals surface area contributed by atoms with Gasteiger partial charge in [0.25, 0.3) is 0 Å². The first kappa shape index (κ1) is 24.0. The van der Waals surface area contributed by atoms with Gasteiger partial charge in [0.2, 0.25) is 5.91 Å². The molecule has 0 radical (unpaired) electrons. The summed E-state index contributed by atoms with van der Waals surface area (Å²) in [5, 5.41) is 0.767. The molecule has 0 spiro atoms. The Morgan fingerprint density at radius 1 is 1.06 bits per heavy atom. The molecule has 4 rings (SSSR count). The van der Waals surface area contributed by atoms with Crippen LogP contribution in [0.4, 0.5) is 0 Å². The number of thioether (sulfide) groups is 1. The Morgan fingerprint density at radius 2 is 1.68 bits per heavy atom. The highest BCUT2D eigenvalue weighted by molar-refractivity contribution is 7.99. The molecule has 0 bridgehead atoms. The number of primary amides is 1. The van der Waals surface area contributed by atoms with E-state index >= 15 is 0 Å². The first-order valence-corrected chi connectivity index (χ1v) is 12.2. The van der Waals surface area contributed by atoms with Gasteiger partial charge in [0.05, 0.1) is 36.4 Å². The van der Waals surface area contributed by atoms with Gasteiger partial charge in [-0.05, 0) is 55.0 Å². The van der Waals surface area contributed by atoms with Crippen LogP contribution in [-0.4, -0.2) is 40.7 Å². The van der Waals surface area contributed by atoms with Crippen molar-refractivity contribution in [2.45, 2.75) is 16.5 Å². The number of benzene rings is 2. The number of H-pyrrole nitrogens is 1. The lowest BCUT2D eigenvalue weighted by atomic mass is 9.85. The van der Waals surface area contributed by atoms with E-state index in [0.717, 1.165) is 39.2 Å². The number of rotatable bonds is 9. The second-order valence-corrected chi connectivity index (χ2v) is 9.66. The number of carbonyl (C=O) groups excluding carboxylic acids is 1. The molecule has 3 aromatic rings. The summed E-state index contributed by atoms with van der Waals surface area (Å²) in [7, 11) is 3.29. The van der Waals surface area contributed by atoms with Gasteiger partial charge in [0, 0.05) is 16.9 Å². The van der Waals surface area contributed by atoms with Crippen molar-refractivity contribution in [3.63, 3.8) is 0 Å². The number of hydrogen-bond donors (Lipinski definition) is 2. The first-order chi connectivity index (χ1) is 16.4. The van der Waals surface area contributed by atoms with Crippen LogP contribution in [0, 0.1) is 5.92 Å². The van der Waals surface area contributed by atoms with Crippen molar-refractivity contribution in [2.75, 3.05) is 20.0 Å². The van der Waals surface area contributed by atoms with Gasteiger partial charge in [0.1, 0.15) is 11.5 Å². The van der Waals surface area contributed by atoms with Crippen molar-refractivity contribution < 1.29 is 14.3 Å². The molecule has 1 amide bonds. The second-order valence-electron chi connectivity index (χ2n) is 7.87. The number of imidazole rings is 1. The van der Waals surface area contributed by atoms with Crippen molar-refractivity contribution in [1.29, 1.82) is 0 Å². The molecule has 8 heteroatoms. The lowest BCUT2D eigenvalue weighted by Crippen LogP contribution is -2.40. The maximum absolute atomic E-state index is 11.9. The van der Waals surface area contributed by atoms with Crippen LogP contribution < -0.4 is 15.2 Å². The number of carbonyl (C=O) groups is 1. The standard InChI is InChI=1S/C26H26ClN3O3S/c1-32-19-10-6-17(7-11-19)22-23(18-8-12-20(33-2)13-9-18)30-25(29-22)34-16-15-26(27)14-4-3-5-21(26)24(28)31/h3-14,21H,15-16H2,1-2H3,(H2,28,31)(H,29,30). The molecule has 176 valence electrons. The highest BCUT2D eigenvalue weighted by Gasteiger charge is 2.37. The van der Waals surface area contributed by atoms with E-state index in [1.54, 1.807) is 38.1 Å². The fourth-order valence-corrected chi connectivity index (χ4v) is 5.30. The van der Waals surface area contributed by atoms with E-state index in [-0.39, 0.29) is 0 Å². The van der Waals surface area contributed by atoms with Gasteiger partial charge in [-0.25, -0.2) is 4.98 Å². The van der Waals surface area contributed by atoms with Crippen molar-refractivity contribution in [3.05, 3.63) is 72.8 Å². The Kier molecular flexibility index (Phi) is 7.34. The quantitative estimate of drug-likeness (QED) is 0.304. The molecule has 1 heterocycles. The average Bonchev–Trinajstić information content (AvgIpc) is 3.28. The van der Waals surface area contributed by atoms with Crippen LogP contribution in [0.25, 0.3) is 22.5 Å². The maximum Gasteiger partial charge on any atom is 0.226 e. The zero-order valence-corrected chi connectivity index (χ0v) is 20.5. The molecule has 0 fully saturated rings. The number of methoxy groups -OCH3 is 2. The summed E-state index contributed by atoms with van der Waals surface area (Å²) < 4.78 is 10.6. The van der Waals surface area contributed by atoms with Crippen LogP contribution in [0.2, 0.25) is 0 Å². The molecule has 2 unspecified atom stereocenters. The minimum Gasteiger partial charge on any atom is -0.497 e. The van der Waals surface area contributed by atoms with Gasteiger partial charge in [-0.15, -0.1) is 11.6 Å². The molecule has 6 nitrogen and oxygen atoms in total. The molecule has 0 saturated heterocycles. The van der Waals surface area contributed by atoms with Crippen LogP contribution in [0.15, 0.2) is 78.0 Å². The molecule has 3 N–H and O–H groups in total. The number of aromatic nitrogens is 2. The molecule has 1 aliphatic carbocycles. The molecule has 0 aliphatic heterocycles. The van der Waals surface area contributed by atoms with Gasteiger partial charge in [-0.1, -0.05) is 36.1 Å². The second kappa shape index (κ2) is 10.4. The number of halogens is 1. The lowest BCUT2D eigenvalue weighted by molar-refractivity contribution is -0.121. The fraction of sp³-hybridized carbons (Fsp3) is 0.231. The minimum atomic E-state index is -0.836. The zero-order chi connectivity index (χ0) is 24.1. The van der Waals surface area contributed by atoms with Crippen LogP contribution >= 0.6 is 23.4 Å². The van der Waals surface area contributed by atoms with Crippen LogP contribution in [-0.2, 0) is 4.79 Å². The summed E-state index contributed by atoms with van der Waals surface area (Å²) in [4.78, 5) is 19.4. The van der Waals surface area contributed by atoms with Crippen LogP contribution in [0.5, 0.6) is 11.5 Å². The summed E-state index contributed by atoms with van der Waals surface area (Å²) in [5.74, 6) is 1.26. The number of nitrogens with zero attached hydrogens (tertiary/aromatic N) is 1. The van der Waals surface area contributed by atoms with Gasteiger partial charge in [-0.3, -0.25) is 4.79 Å². The van der Waals surface area contributed by atoms with Crippen molar-refractivity contribution in [3.8, 4) is 34.0 Å². The third-order valence-electron chi connectivity index (χ3n) is 5.76. The predicted octanol–water partition coefficient (Wildman–Crippen LogP) is 5.45. The topological polar surface area (TPSA) is 90.2 Å². The molecule has 2 aromatic carbocycles. The summed E-state index contributed by atoms with van der Waals surface area (Å²) >= 11 is 8.34. The summed E-state index contributed by atoms with van der Waals surface area (Å²) in [6.45, 7) is 0. The Morgan fingerprint density at radius 3 is 2.26 bits per heavy atom. The highest BCUT2D eigenvalue weighted by atomic mass is 35.5. The number of alkyl halides is 1. The number of ether oxygens (including phenoxy) is 2. The van der Waals surface area contributed by atoms with Crippen LogP contribution in [0.1, 0.15) is 6.42 Å². The molecule has 1 aromatic heterocycles. The largest absolute Gasteiger partial charge is 0.497 e.